The Balaban J connectivity index is 1.70. The lowest BCUT2D eigenvalue weighted by Gasteiger charge is -2.16. The lowest BCUT2D eigenvalue weighted by molar-refractivity contribution is 0.0849. The van der Waals surface area contributed by atoms with Crippen molar-refractivity contribution in [2.24, 2.45) is 0 Å². The molecule has 3 heteroatoms. The van der Waals surface area contributed by atoms with Crippen molar-refractivity contribution in [2.45, 2.75) is 19.8 Å². The molecule has 0 unspecified atom stereocenters. The number of carbonyl (C=O) groups excluding carboxylic acids is 1. The van der Waals surface area contributed by atoms with Crippen molar-refractivity contribution >= 4 is 33.4 Å². The normalized spacial score (nSPS) is 13.7. The van der Waals surface area contributed by atoms with Crippen LogP contribution in [0.5, 0.6) is 0 Å². The lowest BCUT2D eigenvalue weighted by atomic mass is 10.1. The summed E-state index contributed by atoms with van der Waals surface area (Å²) in [4.78, 5) is 14.8. The van der Waals surface area contributed by atoms with Gasteiger partial charge in [0, 0.05) is 34.3 Å². The summed E-state index contributed by atoms with van der Waals surface area (Å²) in [5.41, 5.74) is 5.83. The molecule has 0 aliphatic carbocycles. The smallest absolute Gasteiger partial charge is 0.259 e. The molecular formula is C25H22N2O. The van der Waals surface area contributed by atoms with E-state index in [1.165, 1.54) is 10.8 Å². The Kier molecular flexibility index (Phi) is 3.83. The standard InChI is InChI=1S/C25H22N2O/c1-3-4-15-26-17(2)19-14-13-18(16-22(19)25(26)28)27-23-11-7-5-9-20(23)21-10-6-8-12-24(21)27/h5-14,16H,2-4,15H2,1H3. The fourth-order valence-electron chi connectivity index (χ4n) is 4.27. The van der Waals surface area contributed by atoms with Crippen molar-refractivity contribution < 1.29 is 4.79 Å². The van der Waals surface area contributed by atoms with Crippen molar-refractivity contribution in [3.63, 3.8) is 0 Å². The minimum Gasteiger partial charge on any atom is -0.309 e. The third-order valence-corrected chi connectivity index (χ3v) is 5.69. The highest BCUT2D eigenvalue weighted by Gasteiger charge is 2.31. The molecule has 3 aromatic carbocycles. The second-order valence-corrected chi connectivity index (χ2v) is 7.36. The lowest BCUT2D eigenvalue weighted by Crippen LogP contribution is -2.23. The van der Waals surface area contributed by atoms with Gasteiger partial charge in [-0.2, -0.15) is 0 Å². The molecule has 0 saturated heterocycles. The Bertz CT molecular complexity index is 1190. The molecule has 3 nitrogen and oxygen atoms in total. The number of aromatic nitrogens is 1. The first-order valence-electron chi connectivity index (χ1n) is 9.84. The first-order valence-corrected chi connectivity index (χ1v) is 9.84. The van der Waals surface area contributed by atoms with Crippen LogP contribution in [0.1, 0.15) is 35.7 Å². The molecule has 0 atom stereocenters. The molecule has 28 heavy (non-hydrogen) atoms. The van der Waals surface area contributed by atoms with Crippen LogP contribution in [0.3, 0.4) is 0 Å². The Morgan fingerprint density at radius 2 is 1.50 bits per heavy atom. The summed E-state index contributed by atoms with van der Waals surface area (Å²) in [5.74, 6) is 0.0658. The highest BCUT2D eigenvalue weighted by atomic mass is 16.2. The zero-order chi connectivity index (χ0) is 19.3. The monoisotopic (exact) mass is 366 g/mol. The molecule has 1 aliphatic rings. The van der Waals surface area contributed by atoms with Crippen LogP contribution in [-0.2, 0) is 0 Å². The molecule has 5 rings (SSSR count). The number of benzene rings is 3. The second kappa shape index (κ2) is 6.38. The van der Waals surface area contributed by atoms with E-state index >= 15 is 0 Å². The molecular weight excluding hydrogens is 344 g/mol. The first kappa shape index (κ1) is 16.8. The summed E-state index contributed by atoms with van der Waals surface area (Å²) in [6.07, 6.45) is 2.04. The van der Waals surface area contributed by atoms with E-state index in [2.05, 4.69) is 72.7 Å². The topological polar surface area (TPSA) is 25.2 Å². The van der Waals surface area contributed by atoms with Gasteiger partial charge in [-0.3, -0.25) is 4.79 Å². The first-order chi connectivity index (χ1) is 13.7. The van der Waals surface area contributed by atoms with Gasteiger partial charge >= 0.3 is 0 Å². The van der Waals surface area contributed by atoms with Crippen molar-refractivity contribution in [2.75, 3.05) is 6.54 Å². The van der Waals surface area contributed by atoms with E-state index in [1.54, 1.807) is 0 Å². The fourth-order valence-corrected chi connectivity index (χ4v) is 4.27. The minimum absolute atomic E-state index is 0.0658. The molecule has 1 amide bonds. The largest absolute Gasteiger partial charge is 0.309 e. The SMILES string of the molecule is C=C1c2ccc(-n3c4ccccc4c4ccccc43)cc2C(=O)N1CCCC. The Hall–Kier alpha value is -3.33. The number of hydrogen-bond acceptors (Lipinski definition) is 1. The third-order valence-electron chi connectivity index (χ3n) is 5.69. The van der Waals surface area contributed by atoms with E-state index in [9.17, 15) is 4.79 Å². The summed E-state index contributed by atoms with van der Waals surface area (Å²) in [7, 11) is 0. The van der Waals surface area contributed by atoms with E-state index in [0.717, 1.165) is 52.9 Å². The number of amides is 1. The van der Waals surface area contributed by atoms with E-state index in [4.69, 9.17) is 0 Å². The predicted octanol–water partition coefficient (Wildman–Crippen LogP) is 6.01. The van der Waals surface area contributed by atoms with Crippen LogP contribution in [0.2, 0.25) is 0 Å². The van der Waals surface area contributed by atoms with Crippen LogP contribution >= 0.6 is 0 Å². The molecule has 1 aliphatic heterocycles. The van der Waals surface area contributed by atoms with Gasteiger partial charge in [0.1, 0.15) is 0 Å². The van der Waals surface area contributed by atoms with Crippen LogP contribution < -0.4 is 0 Å². The van der Waals surface area contributed by atoms with Crippen molar-refractivity contribution in [1.29, 1.82) is 0 Å². The summed E-state index contributed by atoms with van der Waals surface area (Å²) in [5, 5.41) is 2.44. The van der Waals surface area contributed by atoms with Crippen LogP contribution in [0.25, 0.3) is 33.2 Å². The molecule has 0 radical (unpaired) electrons. The van der Waals surface area contributed by atoms with E-state index in [0.29, 0.717) is 0 Å². The molecule has 0 saturated carbocycles. The van der Waals surface area contributed by atoms with Gasteiger partial charge in [-0.15, -0.1) is 0 Å². The van der Waals surface area contributed by atoms with Gasteiger partial charge in [0.05, 0.1) is 16.6 Å². The number of hydrogen-bond donors (Lipinski definition) is 0. The second-order valence-electron chi connectivity index (χ2n) is 7.36. The quantitative estimate of drug-likeness (QED) is 0.434. The highest BCUT2D eigenvalue weighted by molar-refractivity contribution is 6.11. The maximum atomic E-state index is 13.0. The number of carbonyl (C=O) groups is 1. The molecule has 0 N–H and O–H groups in total. The van der Waals surface area contributed by atoms with Crippen LogP contribution in [-0.4, -0.2) is 21.9 Å². The van der Waals surface area contributed by atoms with Crippen LogP contribution in [0, 0.1) is 0 Å². The minimum atomic E-state index is 0.0658. The Morgan fingerprint density at radius 1 is 0.857 bits per heavy atom. The molecule has 1 aromatic heterocycles. The van der Waals surface area contributed by atoms with Gasteiger partial charge < -0.3 is 9.47 Å². The van der Waals surface area contributed by atoms with Crippen molar-refractivity contribution in [1.82, 2.24) is 9.47 Å². The molecule has 0 spiro atoms. The summed E-state index contributed by atoms with van der Waals surface area (Å²) >= 11 is 0. The van der Waals surface area contributed by atoms with Gasteiger partial charge in [-0.25, -0.2) is 0 Å². The molecule has 0 bridgehead atoms. The van der Waals surface area contributed by atoms with Gasteiger partial charge in [0.2, 0.25) is 0 Å². The van der Waals surface area contributed by atoms with Gasteiger partial charge in [-0.1, -0.05) is 62.4 Å². The van der Waals surface area contributed by atoms with Crippen molar-refractivity contribution in [3.05, 3.63) is 84.4 Å². The van der Waals surface area contributed by atoms with Gasteiger partial charge in [0.25, 0.3) is 5.91 Å². The number of fused-ring (bicyclic) bond motifs is 4. The number of rotatable bonds is 4. The number of unbranched alkanes of at least 4 members (excludes halogenated alkanes) is 1. The zero-order valence-electron chi connectivity index (χ0n) is 16.0. The third kappa shape index (κ3) is 2.32. The Morgan fingerprint density at radius 3 is 2.14 bits per heavy atom. The fraction of sp³-hybridized carbons (Fsp3) is 0.160. The van der Waals surface area contributed by atoms with Gasteiger partial charge in [-0.05, 0) is 30.7 Å². The molecule has 138 valence electrons. The van der Waals surface area contributed by atoms with Crippen LogP contribution in [0.4, 0.5) is 0 Å². The van der Waals surface area contributed by atoms with Gasteiger partial charge in [0.15, 0.2) is 0 Å². The zero-order valence-corrected chi connectivity index (χ0v) is 16.0. The number of nitrogens with zero attached hydrogens (tertiary/aromatic N) is 2. The molecule has 2 heterocycles. The van der Waals surface area contributed by atoms with E-state index < -0.39 is 0 Å². The van der Waals surface area contributed by atoms with Crippen LogP contribution in [0.15, 0.2) is 73.3 Å². The summed E-state index contributed by atoms with van der Waals surface area (Å²) in [6.45, 7) is 7.04. The van der Waals surface area contributed by atoms with Crippen molar-refractivity contribution in [3.8, 4) is 5.69 Å². The maximum absolute atomic E-state index is 13.0. The molecule has 4 aromatic rings. The highest BCUT2D eigenvalue weighted by Crippen LogP contribution is 2.36. The Labute approximate surface area is 164 Å². The van der Waals surface area contributed by atoms with E-state index in [-0.39, 0.29) is 5.91 Å². The molecule has 0 fully saturated rings. The summed E-state index contributed by atoms with van der Waals surface area (Å²) < 4.78 is 2.25. The summed E-state index contributed by atoms with van der Waals surface area (Å²) in [6, 6.07) is 23.0. The maximum Gasteiger partial charge on any atom is 0.259 e. The average Bonchev–Trinajstić information content (AvgIpc) is 3.19. The average molecular weight is 366 g/mol. The number of para-hydroxylation sites is 2. The predicted molar refractivity (Wildman–Crippen MR) is 116 cm³/mol. The van der Waals surface area contributed by atoms with E-state index in [1.807, 2.05) is 17.0 Å².